The number of methoxy groups -OCH3 is 1. The summed E-state index contributed by atoms with van der Waals surface area (Å²) in [6.45, 7) is 8.29. The van der Waals surface area contributed by atoms with Crippen molar-refractivity contribution in [3.8, 4) is 11.4 Å². The van der Waals surface area contributed by atoms with Crippen LogP contribution in [0.2, 0.25) is 0 Å². The van der Waals surface area contributed by atoms with Crippen molar-refractivity contribution in [2.75, 3.05) is 33.4 Å². The zero-order chi connectivity index (χ0) is 19.8. The van der Waals surface area contributed by atoms with Gasteiger partial charge in [-0.15, -0.1) is 0 Å². The number of piperidine rings is 1. The van der Waals surface area contributed by atoms with Crippen molar-refractivity contribution in [2.24, 2.45) is 4.99 Å². The lowest BCUT2D eigenvalue weighted by Crippen LogP contribution is -2.47. The van der Waals surface area contributed by atoms with Crippen molar-refractivity contribution >= 4 is 5.96 Å². The minimum atomic E-state index is 0.379. The Hall–Kier alpha value is -2.54. The van der Waals surface area contributed by atoms with Crippen molar-refractivity contribution in [3.05, 3.63) is 42.2 Å². The van der Waals surface area contributed by atoms with E-state index in [9.17, 15) is 0 Å². The maximum Gasteiger partial charge on any atom is 0.194 e. The van der Waals surface area contributed by atoms with E-state index >= 15 is 0 Å². The standard InChI is InChI=1S/C21H31N5O2/c1-4-22-21(25-13-11-20(12-14-25)28-5-2)23-16-17-10-15-26(24-17)18-6-8-19(27-3)9-7-18/h6-10,15,20H,4-5,11-14,16H2,1-3H3,(H,22,23). The van der Waals surface area contributed by atoms with E-state index in [1.807, 2.05) is 41.2 Å². The molecule has 1 N–H and O–H groups in total. The molecule has 1 aromatic heterocycles. The van der Waals surface area contributed by atoms with Crippen molar-refractivity contribution in [1.29, 1.82) is 0 Å². The Balaban J connectivity index is 1.62. The first-order chi connectivity index (χ1) is 13.7. The quantitative estimate of drug-likeness (QED) is 0.587. The number of guanidine groups is 1. The van der Waals surface area contributed by atoms with Crippen LogP contribution in [0, 0.1) is 0 Å². The van der Waals surface area contributed by atoms with Gasteiger partial charge in [0.2, 0.25) is 0 Å². The molecule has 1 aromatic carbocycles. The summed E-state index contributed by atoms with van der Waals surface area (Å²) >= 11 is 0. The predicted octanol–water partition coefficient (Wildman–Crippen LogP) is 2.85. The molecule has 1 saturated heterocycles. The summed E-state index contributed by atoms with van der Waals surface area (Å²) in [6, 6.07) is 9.86. The highest BCUT2D eigenvalue weighted by Crippen LogP contribution is 2.16. The zero-order valence-electron chi connectivity index (χ0n) is 17.1. The second-order valence-electron chi connectivity index (χ2n) is 6.76. The molecule has 2 heterocycles. The molecule has 28 heavy (non-hydrogen) atoms. The molecule has 0 unspecified atom stereocenters. The number of aromatic nitrogens is 2. The molecule has 0 atom stereocenters. The average molecular weight is 386 g/mol. The van der Waals surface area contributed by atoms with Crippen LogP contribution in [0.4, 0.5) is 0 Å². The average Bonchev–Trinajstić information content (AvgIpc) is 3.21. The molecule has 0 spiro atoms. The number of aliphatic imine (C=N–C) groups is 1. The zero-order valence-corrected chi connectivity index (χ0v) is 17.1. The van der Waals surface area contributed by atoms with Crippen LogP contribution >= 0.6 is 0 Å². The van der Waals surface area contributed by atoms with Gasteiger partial charge in [0.05, 0.1) is 31.1 Å². The summed E-state index contributed by atoms with van der Waals surface area (Å²) in [5, 5.41) is 8.06. The SMILES string of the molecule is CCNC(=NCc1ccn(-c2ccc(OC)cc2)n1)N1CCC(OCC)CC1. The summed E-state index contributed by atoms with van der Waals surface area (Å²) in [5.74, 6) is 1.79. The van der Waals surface area contributed by atoms with Crippen molar-refractivity contribution in [1.82, 2.24) is 20.0 Å². The van der Waals surface area contributed by atoms with Gasteiger partial charge in [0.1, 0.15) is 5.75 Å². The molecule has 0 bridgehead atoms. The van der Waals surface area contributed by atoms with Crippen LogP contribution in [0.5, 0.6) is 5.75 Å². The number of nitrogens with one attached hydrogen (secondary N) is 1. The highest BCUT2D eigenvalue weighted by atomic mass is 16.5. The molecule has 1 fully saturated rings. The predicted molar refractivity (Wildman–Crippen MR) is 111 cm³/mol. The third-order valence-electron chi connectivity index (χ3n) is 4.85. The molecule has 2 aromatic rings. The molecular formula is C21H31N5O2. The Morgan fingerprint density at radius 1 is 1.18 bits per heavy atom. The fourth-order valence-electron chi connectivity index (χ4n) is 3.38. The number of benzene rings is 1. The number of ether oxygens (including phenoxy) is 2. The van der Waals surface area contributed by atoms with Gasteiger partial charge in [-0.25, -0.2) is 9.67 Å². The highest BCUT2D eigenvalue weighted by Gasteiger charge is 2.21. The minimum Gasteiger partial charge on any atom is -0.497 e. The van der Waals surface area contributed by atoms with Gasteiger partial charge in [0, 0.05) is 32.4 Å². The van der Waals surface area contributed by atoms with Crippen LogP contribution in [0.3, 0.4) is 0 Å². The molecular weight excluding hydrogens is 354 g/mol. The summed E-state index contributed by atoms with van der Waals surface area (Å²) < 4.78 is 12.8. The van der Waals surface area contributed by atoms with Gasteiger partial charge in [-0.1, -0.05) is 0 Å². The number of hydrogen-bond donors (Lipinski definition) is 1. The lowest BCUT2D eigenvalue weighted by molar-refractivity contribution is 0.0263. The minimum absolute atomic E-state index is 0.379. The van der Waals surface area contributed by atoms with E-state index in [1.165, 1.54) is 0 Å². The van der Waals surface area contributed by atoms with Crippen LogP contribution < -0.4 is 10.1 Å². The van der Waals surface area contributed by atoms with Crippen LogP contribution in [0.25, 0.3) is 5.69 Å². The summed E-state index contributed by atoms with van der Waals surface area (Å²) in [6.07, 6.45) is 4.44. The van der Waals surface area contributed by atoms with Gasteiger partial charge in [0.15, 0.2) is 5.96 Å². The molecule has 0 saturated carbocycles. The first kappa shape index (κ1) is 20.2. The Morgan fingerprint density at radius 2 is 1.93 bits per heavy atom. The van der Waals surface area contributed by atoms with Gasteiger partial charge in [0.25, 0.3) is 0 Å². The first-order valence-electron chi connectivity index (χ1n) is 10.1. The topological polar surface area (TPSA) is 63.9 Å². The van der Waals surface area contributed by atoms with Crippen LogP contribution in [-0.2, 0) is 11.3 Å². The van der Waals surface area contributed by atoms with Crippen LogP contribution in [-0.4, -0.2) is 60.1 Å². The number of nitrogens with zero attached hydrogens (tertiary/aromatic N) is 4. The van der Waals surface area contributed by atoms with Crippen LogP contribution in [0.15, 0.2) is 41.5 Å². The Kier molecular flexibility index (Phi) is 7.31. The van der Waals surface area contributed by atoms with Gasteiger partial charge in [-0.2, -0.15) is 5.10 Å². The third kappa shape index (κ3) is 5.25. The molecule has 0 aliphatic carbocycles. The molecule has 1 aliphatic rings. The monoisotopic (exact) mass is 385 g/mol. The van der Waals surface area contributed by atoms with Gasteiger partial charge < -0.3 is 19.7 Å². The van der Waals surface area contributed by atoms with E-state index < -0.39 is 0 Å². The third-order valence-corrected chi connectivity index (χ3v) is 4.85. The highest BCUT2D eigenvalue weighted by molar-refractivity contribution is 5.80. The maximum atomic E-state index is 5.75. The Bertz CT molecular complexity index is 748. The summed E-state index contributed by atoms with van der Waals surface area (Å²) in [5.41, 5.74) is 1.94. The van der Waals surface area contributed by atoms with E-state index in [-0.39, 0.29) is 0 Å². The number of likely N-dealkylation sites (tertiary alicyclic amines) is 1. The van der Waals surface area contributed by atoms with Gasteiger partial charge in [-0.05, 0) is 57.0 Å². The number of hydrogen-bond acceptors (Lipinski definition) is 4. The fraction of sp³-hybridized carbons (Fsp3) is 0.524. The molecule has 7 heteroatoms. The second kappa shape index (κ2) is 10.1. The first-order valence-corrected chi connectivity index (χ1v) is 10.1. The molecule has 7 nitrogen and oxygen atoms in total. The molecule has 1 aliphatic heterocycles. The lowest BCUT2D eigenvalue weighted by Gasteiger charge is -2.34. The van der Waals surface area contributed by atoms with Crippen molar-refractivity contribution in [3.63, 3.8) is 0 Å². The summed E-state index contributed by atoms with van der Waals surface area (Å²) in [7, 11) is 1.67. The van der Waals surface area contributed by atoms with Gasteiger partial charge >= 0.3 is 0 Å². The van der Waals surface area contributed by atoms with Crippen LogP contribution in [0.1, 0.15) is 32.4 Å². The van der Waals surface area contributed by atoms with E-state index in [0.717, 1.165) is 62.2 Å². The second-order valence-corrected chi connectivity index (χ2v) is 6.76. The Labute approximate surface area is 167 Å². The fourth-order valence-corrected chi connectivity index (χ4v) is 3.38. The van der Waals surface area contributed by atoms with E-state index in [4.69, 9.17) is 14.5 Å². The van der Waals surface area contributed by atoms with Gasteiger partial charge in [-0.3, -0.25) is 0 Å². The van der Waals surface area contributed by atoms with E-state index in [2.05, 4.69) is 29.2 Å². The lowest BCUT2D eigenvalue weighted by atomic mass is 10.1. The number of rotatable bonds is 7. The van der Waals surface area contributed by atoms with Crippen molar-refractivity contribution in [2.45, 2.75) is 39.3 Å². The van der Waals surface area contributed by atoms with Crippen molar-refractivity contribution < 1.29 is 9.47 Å². The van der Waals surface area contributed by atoms with E-state index in [0.29, 0.717) is 12.6 Å². The molecule has 152 valence electrons. The normalized spacial score (nSPS) is 15.7. The molecule has 0 radical (unpaired) electrons. The summed E-state index contributed by atoms with van der Waals surface area (Å²) in [4.78, 5) is 7.13. The molecule has 0 amide bonds. The largest absolute Gasteiger partial charge is 0.497 e. The maximum absolute atomic E-state index is 5.75. The molecule has 3 rings (SSSR count). The Morgan fingerprint density at radius 3 is 2.57 bits per heavy atom. The smallest absolute Gasteiger partial charge is 0.194 e. The van der Waals surface area contributed by atoms with E-state index in [1.54, 1.807) is 7.11 Å².